The van der Waals surface area contributed by atoms with E-state index >= 15 is 8.78 Å². The van der Waals surface area contributed by atoms with Crippen LogP contribution >= 0.6 is 0 Å². The summed E-state index contributed by atoms with van der Waals surface area (Å²) < 4.78 is 32.1. The van der Waals surface area contributed by atoms with E-state index in [4.69, 9.17) is 0 Å². The molecule has 7 nitrogen and oxygen atoms in total. The van der Waals surface area contributed by atoms with Crippen molar-refractivity contribution < 1.29 is 23.5 Å². The van der Waals surface area contributed by atoms with Crippen LogP contribution in [0.25, 0.3) is 10.9 Å². The van der Waals surface area contributed by atoms with Crippen molar-refractivity contribution in [2.45, 2.75) is 32.7 Å². The molecule has 2 aromatic rings. The number of hydrogen-bond acceptors (Lipinski definition) is 4. The van der Waals surface area contributed by atoms with E-state index in [9.17, 15) is 19.5 Å². The molecule has 1 aliphatic carbocycles. The van der Waals surface area contributed by atoms with Crippen molar-refractivity contribution in [2.75, 3.05) is 24.5 Å². The second-order valence-electron chi connectivity index (χ2n) is 8.31. The summed E-state index contributed by atoms with van der Waals surface area (Å²) in [7, 11) is 0. The Morgan fingerprint density at radius 1 is 1.27 bits per heavy atom. The molecule has 1 saturated carbocycles. The smallest absolute Gasteiger partial charge is 0.341 e. The van der Waals surface area contributed by atoms with E-state index in [2.05, 4.69) is 5.32 Å². The van der Waals surface area contributed by atoms with Crippen LogP contribution in [0, 0.1) is 23.5 Å². The van der Waals surface area contributed by atoms with E-state index in [0.717, 1.165) is 18.9 Å². The summed E-state index contributed by atoms with van der Waals surface area (Å²) in [6.45, 7) is 4.57. The third-order valence-electron chi connectivity index (χ3n) is 6.05. The van der Waals surface area contributed by atoms with Gasteiger partial charge in [-0.05, 0) is 30.7 Å². The van der Waals surface area contributed by atoms with Crippen LogP contribution in [0.15, 0.2) is 17.1 Å². The highest BCUT2D eigenvalue weighted by atomic mass is 19.1. The molecule has 9 heteroatoms. The number of hydrogen-bond donors (Lipinski definition) is 2. The zero-order chi connectivity index (χ0) is 21.7. The number of benzene rings is 1. The lowest BCUT2D eigenvalue weighted by Gasteiger charge is -2.22. The molecule has 0 unspecified atom stereocenters. The minimum absolute atomic E-state index is 0.0309. The van der Waals surface area contributed by atoms with Crippen LogP contribution in [0.4, 0.5) is 14.5 Å². The first-order valence-electron chi connectivity index (χ1n) is 9.98. The van der Waals surface area contributed by atoms with Crippen molar-refractivity contribution in [1.82, 2.24) is 9.88 Å². The Labute approximate surface area is 171 Å². The van der Waals surface area contributed by atoms with Gasteiger partial charge in [-0.25, -0.2) is 13.6 Å². The number of nitrogens with zero attached hydrogens (tertiary/aromatic N) is 2. The number of anilines is 1. The van der Waals surface area contributed by atoms with E-state index < -0.39 is 28.6 Å². The number of amides is 1. The molecule has 1 aliphatic heterocycles. The predicted octanol–water partition coefficient (Wildman–Crippen LogP) is 2.52. The second kappa shape index (κ2) is 7.37. The number of rotatable bonds is 5. The van der Waals surface area contributed by atoms with E-state index in [-0.39, 0.29) is 40.4 Å². The number of aromatic nitrogens is 1. The molecule has 2 fully saturated rings. The molecule has 2 aliphatic rings. The maximum absolute atomic E-state index is 15.7. The van der Waals surface area contributed by atoms with Gasteiger partial charge in [-0.3, -0.25) is 9.59 Å². The number of carboxylic acids is 1. The van der Waals surface area contributed by atoms with Crippen LogP contribution < -0.4 is 15.6 Å². The number of carboxylic acid groups (broad SMARTS) is 1. The Kier molecular flexibility index (Phi) is 4.99. The van der Waals surface area contributed by atoms with Gasteiger partial charge in [0.1, 0.15) is 17.1 Å². The number of halogens is 2. The molecule has 0 spiro atoms. The van der Waals surface area contributed by atoms with E-state index in [1.807, 2.05) is 6.92 Å². The fraction of sp³-hybridized carbons (Fsp3) is 0.476. The van der Waals surface area contributed by atoms with E-state index in [1.54, 1.807) is 4.90 Å². The van der Waals surface area contributed by atoms with Crippen molar-refractivity contribution in [2.24, 2.45) is 11.8 Å². The van der Waals surface area contributed by atoms with Gasteiger partial charge >= 0.3 is 5.97 Å². The molecule has 2 atom stereocenters. The molecule has 1 amide bonds. The van der Waals surface area contributed by atoms with Crippen LogP contribution in [0.3, 0.4) is 0 Å². The highest BCUT2D eigenvalue weighted by Crippen LogP contribution is 2.40. The van der Waals surface area contributed by atoms with Crippen molar-refractivity contribution in [3.05, 3.63) is 39.7 Å². The lowest BCUT2D eigenvalue weighted by molar-refractivity contribution is -0.119. The SMILES string of the molecule is CC(=O)NC[C@@H]1CN(c2c(F)cc3c(=O)c(C(=O)O)cn(C4CC4)c3c2F)C[C@@H]1C. The first kappa shape index (κ1) is 20.3. The number of pyridine rings is 1. The van der Waals surface area contributed by atoms with Gasteiger partial charge in [-0.2, -0.15) is 0 Å². The van der Waals surface area contributed by atoms with Crippen molar-refractivity contribution >= 4 is 28.5 Å². The predicted molar refractivity (Wildman–Crippen MR) is 107 cm³/mol. The van der Waals surface area contributed by atoms with Gasteiger partial charge in [-0.15, -0.1) is 0 Å². The van der Waals surface area contributed by atoms with E-state index in [1.165, 1.54) is 17.7 Å². The number of nitrogens with one attached hydrogen (secondary N) is 1. The third-order valence-corrected chi connectivity index (χ3v) is 6.05. The maximum Gasteiger partial charge on any atom is 0.341 e. The summed E-state index contributed by atoms with van der Waals surface area (Å²) in [5.41, 5.74) is -1.65. The van der Waals surface area contributed by atoms with Crippen LogP contribution in [0.5, 0.6) is 0 Å². The molecule has 4 rings (SSSR count). The molecular weight excluding hydrogens is 396 g/mol. The second-order valence-corrected chi connectivity index (χ2v) is 8.31. The third kappa shape index (κ3) is 3.42. The molecule has 2 heterocycles. The average Bonchev–Trinajstić information content (AvgIpc) is 3.44. The minimum Gasteiger partial charge on any atom is -0.477 e. The largest absolute Gasteiger partial charge is 0.477 e. The fourth-order valence-electron chi connectivity index (χ4n) is 4.27. The lowest BCUT2D eigenvalue weighted by atomic mass is 9.98. The van der Waals surface area contributed by atoms with Crippen molar-refractivity contribution in [3.8, 4) is 0 Å². The zero-order valence-corrected chi connectivity index (χ0v) is 16.7. The quantitative estimate of drug-likeness (QED) is 0.777. The molecule has 0 bridgehead atoms. The molecule has 160 valence electrons. The zero-order valence-electron chi connectivity index (χ0n) is 16.7. The number of carbonyl (C=O) groups is 2. The Hall–Kier alpha value is -2.97. The summed E-state index contributed by atoms with van der Waals surface area (Å²) in [6.07, 6.45) is 2.65. The molecular formula is C21H23F2N3O4. The van der Waals surface area contributed by atoms with Gasteiger partial charge in [0.25, 0.3) is 0 Å². The van der Waals surface area contributed by atoms with Gasteiger partial charge < -0.3 is 19.9 Å². The molecule has 30 heavy (non-hydrogen) atoms. The minimum atomic E-state index is -1.42. The first-order valence-corrected chi connectivity index (χ1v) is 9.98. The van der Waals surface area contributed by atoms with Crippen molar-refractivity contribution in [1.29, 1.82) is 0 Å². The number of aromatic carboxylic acids is 1. The van der Waals surface area contributed by atoms with Crippen LogP contribution in [-0.4, -0.2) is 41.2 Å². The normalized spacial score (nSPS) is 21.3. The van der Waals surface area contributed by atoms with E-state index in [0.29, 0.717) is 19.6 Å². The highest BCUT2D eigenvalue weighted by molar-refractivity contribution is 5.94. The van der Waals surface area contributed by atoms with Crippen LogP contribution in [0.1, 0.15) is 43.1 Å². The lowest BCUT2D eigenvalue weighted by Crippen LogP contribution is -2.31. The molecule has 1 aromatic carbocycles. The maximum atomic E-state index is 15.7. The fourth-order valence-corrected chi connectivity index (χ4v) is 4.27. The Bertz CT molecular complexity index is 1110. The molecule has 1 saturated heterocycles. The van der Waals surface area contributed by atoms with Gasteiger partial charge in [0.15, 0.2) is 5.82 Å². The summed E-state index contributed by atoms with van der Waals surface area (Å²) in [5.74, 6) is -3.19. The Morgan fingerprint density at radius 2 is 1.97 bits per heavy atom. The summed E-state index contributed by atoms with van der Waals surface area (Å²) in [4.78, 5) is 36.8. The summed E-state index contributed by atoms with van der Waals surface area (Å²) in [6, 6.07) is 0.844. The molecule has 1 aromatic heterocycles. The van der Waals surface area contributed by atoms with Crippen LogP contribution in [0.2, 0.25) is 0 Å². The number of fused-ring (bicyclic) bond motifs is 1. The highest BCUT2D eigenvalue weighted by Gasteiger charge is 2.35. The molecule has 2 N–H and O–H groups in total. The average molecular weight is 419 g/mol. The van der Waals surface area contributed by atoms with Gasteiger partial charge in [0, 0.05) is 38.8 Å². The van der Waals surface area contributed by atoms with Crippen LogP contribution in [-0.2, 0) is 4.79 Å². The number of carbonyl (C=O) groups excluding carboxylic acids is 1. The summed E-state index contributed by atoms with van der Waals surface area (Å²) in [5, 5.41) is 11.8. The van der Waals surface area contributed by atoms with Gasteiger partial charge in [0.05, 0.1) is 10.9 Å². The van der Waals surface area contributed by atoms with Gasteiger partial charge in [0.2, 0.25) is 11.3 Å². The standard InChI is InChI=1S/C21H23F2N3O4/c1-10-7-25(8-12(10)6-24-11(2)27)19-16(22)5-14-18(17(19)23)26(13-3-4-13)9-15(20(14)28)21(29)30/h5,9-10,12-13H,3-4,6-8H2,1-2H3,(H,24,27)(H,29,30)/t10-,12+/m0/s1. The molecule has 0 radical (unpaired) electrons. The topological polar surface area (TPSA) is 91.6 Å². The van der Waals surface area contributed by atoms with Crippen molar-refractivity contribution in [3.63, 3.8) is 0 Å². The monoisotopic (exact) mass is 419 g/mol. The summed E-state index contributed by atoms with van der Waals surface area (Å²) >= 11 is 0. The Balaban J connectivity index is 1.82. The first-order chi connectivity index (χ1) is 14.2. The Morgan fingerprint density at radius 3 is 2.57 bits per heavy atom. The van der Waals surface area contributed by atoms with Gasteiger partial charge in [-0.1, -0.05) is 6.92 Å².